The molecule has 2 heterocycles. The predicted molar refractivity (Wildman–Crippen MR) is 124 cm³/mol. The summed E-state index contributed by atoms with van der Waals surface area (Å²) in [6, 6.07) is 15.4. The van der Waals surface area contributed by atoms with Crippen LogP contribution in [0.25, 0.3) is 10.9 Å². The minimum absolute atomic E-state index is 0.114. The lowest BCUT2D eigenvalue weighted by molar-refractivity contribution is -0.157. The third kappa shape index (κ3) is 4.61. The zero-order valence-electron chi connectivity index (χ0n) is 18.6. The molecule has 0 spiro atoms. The molecule has 0 N–H and O–H groups in total. The second kappa shape index (κ2) is 9.70. The van der Waals surface area contributed by atoms with Crippen molar-refractivity contribution in [3.05, 3.63) is 64.4 Å². The van der Waals surface area contributed by atoms with Gasteiger partial charge in [0.15, 0.2) is 6.73 Å². The molecule has 2 aromatic carbocycles. The summed E-state index contributed by atoms with van der Waals surface area (Å²) in [5, 5.41) is 8.39. The zero-order chi connectivity index (χ0) is 22.6. The molecule has 1 aliphatic heterocycles. The number of ether oxygens (including phenoxy) is 2. The molecule has 2 atom stereocenters. The van der Waals surface area contributed by atoms with Gasteiger partial charge in [0.05, 0.1) is 17.9 Å². The molecular formula is C25H28N4O4. The molecule has 0 amide bonds. The van der Waals surface area contributed by atoms with Gasteiger partial charge in [0, 0.05) is 12.2 Å². The fraction of sp³-hybridized carbons (Fsp3) is 0.440. The highest BCUT2D eigenvalue weighted by molar-refractivity contribution is 5.76. The van der Waals surface area contributed by atoms with Crippen LogP contribution in [0.3, 0.4) is 0 Å². The maximum atomic E-state index is 12.9. The Bertz CT molecular complexity index is 1190. The van der Waals surface area contributed by atoms with E-state index in [1.165, 1.54) is 11.3 Å². The Labute approximate surface area is 192 Å². The fourth-order valence-corrected chi connectivity index (χ4v) is 4.91. The first-order valence-electron chi connectivity index (χ1n) is 11.6. The Balaban J connectivity index is 1.17. The molecule has 172 valence electrons. The molecule has 1 aromatic heterocycles. The van der Waals surface area contributed by atoms with Crippen molar-refractivity contribution in [3.8, 4) is 0 Å². The average Bonchev–Trinajstić information content (AvgIpc) is 3.27. The van der Waals surface area contributed by atoms with Crippen LogP contribution in [0.1, 0.15) is 31.2 Å². The van der Waals surface area contributed by atoms with Crippen LogP contribution in [-0.2, 0) is 27.4 Å². The van der Waals surface area contributed by atoms with Gasteiger partial charge in [-0.2, -0.15) is 4.68 Å². The van der Waals surface area contributed by atoms with Crippen molar-refractivity contribution in [1.29, 1.82) is 0 Å². The van der Waals surface area contributed by atoms with Gasteiger partial charge in [0.1, 0.15) is 12.2 Å². The Kier molecular flexibility index (Phi) is 6.35. The van der Waals surface area contributed by atoms with E-state index in [4.69, 9.17) is 9.47 Å². The van der Waals surface area contributed by atoms with E-state index in [1.807, 2.05) is 0 Å². The van der Waals surface area contributed by atoms with E-state index in [2.05, 4.69) is 39.5 Å². The molecule has 0 saturated heterocycles. The van der Waals surface area contributed by atoms with Gasteiger partial charge in [0.25, 0.3) is 5.56 Å². The Morgan fingerprint density at radius 3 is 2.79 bits per heavy atom. The molecule has 1 aliphatic carbocycles. The molecule has 33 heavy (non-hydrogen) atoms. The quantitative estimate of drug-likeness (QED) is 0.513. The lowest BCUT2D eigenvalue weighted by Crippen LogP contribution is -2.35. The van der Waals surface area contributed by atoms with Crippen molar-refractivity contribution in [1.82, 2.24) is 15.0 Å². The molecule has 5 rings (SSSR count). The number of hydrogen-bond acceptors (Lipinski definition) is 7. The number of carbonyl (C=O) groups excluding carboxylic acids is 1. The molecule has 0 radical (unpaired) electrons. The molecular weight excluding hydrogens is 420 g/mol. The molecule has 0 bridgehead atoms. The van der Waals surface area contributed by atoms with Crippen molar-refractivity contribution >= 4 is 22.6 Å². The third-order valence-corrected chi connectivity index (χ3v) is 6.73. The van der Waals surface area contributed by atoms with Gasteiger partial charge in [0.2, 0.25) is 0 Å². The smallest absolute Gasteiger partial charge is 0.311 e. The second-order valence-electron chi connectivity index (χ2n) is 8.80. The van der Waals surface area contributed by atoms with E-state index < -0.39 is 0 Å². The number of rotatable bonds is 7. The molecule has 2 aliphatic rings. The van der Waals surface area contributed by atoms with Crippen LogP contribution in [-0.4, -0.2) is 40.8 Å². The number of nitrogens with zero attached hydrogens (tertiary/aromatic N) is 4. The van der Waals surface area contributed by atoms with Gasteiger partial charge in [-0.3, -0.25) is 9.59 Å². The van der Waals surface area contributed by atoms with E-state index in [-0.39, 0.29) is 30.1 Å². The summed E-state index contributed by atoms with van der Waals surface area (Å²) in [6.07, 6.45) is 4.82. The number of anilines is 1. The molecule has 8 nitrogen and oxygen atoms in total. The van der Waals surface area contributed by atoms with Crippen molar-refractivity contribution < 1.29 is 14.3 Å². The zero-order valence-corrected chi connectivity index (χ0v) is 18.6. The van der Waals surface area contributed by atoms with Gasteiger partial charge in [-0.05, 0) is 48.9 Å². The van der Waals surface area contributed by atoms with Gasteiger partial charge < -0.3 is 14.4 Å². The first-order valence-corrected chi connectivity index (χ1v) is 11.6. The highest BCUT2D eigenvalue weighted by Crippen LogP contribution is 2.32. The van der Waals surface area contributed by atoms with Crippen LogP contribution in [0, 0.1) is 11.8 Å². The molecule has 2 unspecified atom stereocenters. The predicted octanol–water partition coefficient (Wildman–Crippen LogP) is 3.14. The number of fused-ring (bicyclic) bond motifs is 2. The third-order valence-electron chi connectivity index (χ3n) is 6.73. The Morgan fingerprint density at radius 1 is 1.03 bits per heavy atom. The van der Waals surface area contributed by atoms with Gasteiger partial charge in [-0.1, -0.05) is 48.4 Å². The van der Waals surface area contributed by atoms with E-state index in [0.717, 1.165) is 43.3 Å². The monoisotopic (exact) mass is 448 g/mol. The van der Waals surface area contributed by atoms with Gasteiger partial charge in [-0.25, -0.2) is 0 Å². The minimum atomic E-state index is -0.317. The van der Waals surface area contributed by atoms with Crippen molar-refractivity contribution in [2.24, 2.45) is 11.8 Å². The summed E-state index contributed by atoms with van der Waals surface area (Å²) in [6.45, 7) is 1.77. The normalized spacial score (nSPS) is 20.1. The van der Waals surface area contributed by atoms with Crippen LogP contribution in [0.15, 0.2) is 53.3 Å². The van der Waals surface area contributed by atoms with Gasteiger partial charge >= 0.3 is 5.97 Å². The second-order valence-corrected chi connectivity index (χ2v) is 8.80. The molecule has 3 aromatic rings. The topological polar surface area (TPSA) is 86.6 Å². The van der Waals surface area contributed by atoms with Crippen LogP contribution in [0.2, 0.25) is 0 Å². The largest absolute Gasteiger partial charge is 0.442 e. The fourth-order valence-electron chi connectivity index (χ4n) is 4.91. The summed E-state index contributed by atoms with van der Waals surface area (Å²) in [7, 11) is 0. The summed E-state index contributed by atoms with van der Waals surface area (Å²) in [5.74, 6) is -0.408. The Morgan fingerprint density at radius 2 is 1.85 bits per heavy atom. The van der Waals surface area contributed by atoms with Crippen molar-refractivity contribution in [2.45, 2.75) is 38.8 Å². The number of para-hydroxylation sites is 1. The average molecular weight is 449 g/mol. The minimum Gasteiger partial charge on any atom is -0.442 e. The van der Waals surface area contributed by atoms with Crippen LogP contribution >= 0.6 is 0 Å². The SMILES string of the molecule is O=C(OCn1nnc2ccccc2c1=O)C1CCCCC1COCN1CCc2ccccc21. The first kappa shape index (κ1) is 21.6. The van der Waals surface area contributed by atoms with Crippen LogP contribution in [0.5, 0.6) is 0 Å². The summed E-state index contributed by atoms with van der Waals surface area (Å²) >= 11 is 0. The van der Waals surface area contributed by atoms with Crippen molar-refractivity contribution in [3.63, 3.8) is 0 Å². The van der Waals surface area contributed by atoms with E-state index in [1.54, 1.807) is 24.3 Å². The number of aromatic nitrogens is 3. The van der Waals surface area contributed by atoms with Crippen LogP contribution < -0.4 is 10.5 Å². The van der Waals surface area contributed by atoms with Crippen molar-refractivity contribution in [2.75, 3.05) is 24.8 Å². The maximum absolute atomic E-state index is 12.9. The van der Waals surface area contributed by atoms with E-state index >= 15 is 0 Å². The highest BCUT2D eigenvalue weighted by atomic mass is 16.5. The lowest BCUT2D eigenvalue weighted by Gasteiger charge is -2.30. The highest BCUT2D eigenvalue weighted by Gasteiger charge is 2.33. The standard InChI is InChI=1S/C25H28N4O4/c30-24-21-10-4-5-11-22(21)26-27-29(24)17-33-25(31)20-9-3-1-8-19(20)15-32-16-28-14-13-18-7-2-6-12-23(18)28/h2,4-7,10-12,19-20H,1,3,8-9,13-17H2. The number of carbonyl (C=O) groups is 1. The summed E-state index contributed by atoms with van der Waals surface area (Å²) in [4.78, 5) is 27.7. The van der Waals surface area contributed by atoms with E-state index in [9.17, 15) is 9.59 Å². The number of benzene rings is 2. The molecule has 1 fully saturated rings. The van der Waals surface area contributed by atoms with Crippen LogP contribution in [0.4, 0.5) is 5.69 Å². The summed E-state index contributed by atoms with van der Waals surface area (Å²) in [5.41, 5.74) is 2.80. The Hall–Kier alpha value is -3.26. The molecule has 8 heteroatoms. The van der Waals surface area contributed by atoms with Gasteiger partial charge in [-0.15, -0.1) is 5.10 Å². The maximum Gasteiger partial charge on any atom is 0.311 e. The van der Waals surface area contributed by atoms with E-state index in [0.29, 0.717) is 24.2 Å². The number of hydrogen-bond donors (Lipinski definition) is 0. The first-order chi connectivity index (χ1) is 16.2. The summed E-state index contributed by atoms with van der Waals surface area (Å²) < 4.78 is 12.7. The lowest BCUT2D eigenvalue weighted by atomic mass is 9.80. The molecule has 1 saturated carbocycles. The number of esters is 1.